The lowest BCUT2D eigenvalue weighted by Crippen LogP contribution is -2.31. The molecule has 0 aliphatic rings. The topological polar surface area (TPSA) is 43.4 Å². The van der Waals surface area contributed by atoms with Gasteiger partial charge in [-0.1, -0.05) is 60.7 Å². The fraction of sp³-hybridized carbons (Fsp3) is 0.0500. The fourth-order valence-electron chi connectivity index (χ4n) is 2.82. The van der Waals surface area contributed by atoms with Crippen LogP contribution in [0.2, 0.25) is 0 Å². The number of esters is 1. The van der Waals surface area contributed by atoms with Gasteiger partial charge in [0.25, 0.3) is 0 Å². The highest BCUT2D eigenvalue weighted by Gasteiger charge is 2.38. The third-order valence-electron chi connectivity index (χ3n) is 4.09. The highest BCUT2D eigenvalue weighted by molar-refractivity contribution is 7.85. The number of carbonyl (C=O) groups is 1. The largest absolute Gasteiger partial charge is 0.465 e. The van der Waals surface area contributed by atoms with Crippen molar-refractivity contribution in [2.24, 2.45) is 0 Å². The molecular weight excluding hydrogens is 376 g/mol. The molecule has 0 aliphatic heterocycles. The van der Waals surface area contributed by atoms with Crippen molar-refractivity contribution in [1.82, 2.24) is 0 Å². The van der Waals surface area contributed by atoms with Crippen molar-refractivity contribution in [3.63, 3.8) is 0 Å². The van der Waals surface area contributed by atoms with E-state index in [-0.39, 0.29) is 10.6 Å². The van der Waals surface area contributed by atoms with Crippen molar-refractivity contribution >= 4 is 29.0 Å². The molecule has 3 aromatic rings. The molecule has 0 unspecified atom stereocenters. The molecule has 3 aromatic carbocycles. The molecule has 0 saturated heterocycles. The standard InChI is InChI=1S/C20H14F3O3P/c1-26-20(24)15-12-16(21)19(18(23)17(15)22)27(25,13-8-4-2-5-9-13)14-10-6-3-7-11-14/h2-12H,1H3. The van der Waals surface area contributed by atoms with Crippen LogP contribution in [0.25, 0.3) is 0 Å². The quantitative estimate of drug-likeness (QED) is 0.389. The number of methoxy groups -OCH3 is 1. The van der Waals surface area contributed by atoms with Gasteiger partial charge in [-0.15, -0.1) is 0 Å². The zero-order chi connectivity index (χ0) is 19.6. The minimum absolute atomic E-state index is 0.138. The zero-order valence-corrected chi connectivity index (χ0v) is 15.1. The van der Waals surface area contributed by atoms with Crippen molar-refractivity contribution in [2.45, 2.75) is 0 Å². The van der Waals surface area contributed by atoms with Crippen molar-refractivity contribution in [1.29, 1.82) is 0 Å². The molecule has 0 aliphatic carbocycles. The Labute approximate surface area is 153 Å². The van der Waals surface area contributed by atoms with Gasteiger partial charge >= 0.3 is 5.97 Å². The van der Waals surface area contributed by atoms with Gasteiger partial charge in [-0.05, 0) is 6.07 Å². The summed E-state index contributed by atoms with van der Waals surface area (Å²) >= 11 is 0. The van der Waals surface area contributed by atoms with Crippen LogP contribution in [0.4, 0.5) is 13.2 Å². The number of hydrogen-bond donors (Lipinski definition) is 0. The number of rotatable bonds is 4. The molecule has 3 nitrogen and oxygen atoms in total. The maximum atomic E-state index is 14.9. The molecule has 0 spiro atoms. The van der Waals surface area contributed by atoms with Crippen LogP contribution in [0.3, 0.4) is 0 Å². The summed E-state index contributed by atoms with van der Waals surface area (Å²) in [6, 6.07) is 15.9. The van der Waals surface area contributed by atoms with E-state index in [4.69, 9.17) is 0 Å². The second-order valence-electron chi connectivity index (χ2n) is 5.65. The maximum absolute atomic E-state index is 14.9. The average molecular weight is 390 g/mol. The van der Waals surface area contributed by atoms with Crippen LogP contribution < -0.4 is 15.9 Å². The number of hydrogen-bond acceptors (Lipinski definition) is 3. The number of carbonyl (C=O) groups excluding carboxylic acids is 1. The molecule has 0 bridgehead atoms. The smallest absolute Gasteiger partial charge is 0.341 e. The van der Waals surface area contributed by atoms with E-state index in [0.717, 1.165) is 7.11 Å². The Morgan fingerprint density at radius 2 is 1.33 bits per heavy atom. The Bertz CT molecular complexity index is 994. The van der Waals surface area contributed by atoms with Gasteiger partial charge in [0.05, 0.1) is 12.4 Å². The van der Waals surface area contributed by atoms with E-state index in [1.54, 1.807) is 36.4 Å². The van der Waals surface area contributed by atoms with Gasteiger partial charge in [-0.3, -0.25) is 0 Å². The molecule has 0 atom stereocenters. The molecule has 0 radical (unpaired) electrons. The monoisotopic (exact) mass is 390 g/mol. The van der Waals surface area contributed by atoms with Crippen molar-refractivity contribution in [2.75, 3.05) is 7.11 Å². The van der Waals surface area contributed by atoms with Gasteiger partial charge < -0.3 is 9.30 Å². The minimum atomic E-state index is -4.08. The Morgan fingerprint density at radius 3 is 1.78 bits per heavy atom. The normalized spacial score (nSPS) is 11.3. The van der Waals surface area contributed by atoms with E-state index >= 15 is 0 Å². The summed E-state index contributed by atoms with van der Waals surface area (Å²) < 4.78 is 62.6. The number of halogens is 3. The molecule has 0 N–H and O–H groups in total. The van der Waals surface area contributed by atoms with E-state index in [1.165, 1.54) is 24.3 Å². The average Bonchev–Trinajstić information content (AvgIpc) is 2.71. The maximum Gasteiger partial charge on any atom is 0.341 e. The highest BCUT2D eigenvalue weighted by Crippen LogP contribution is 2.44. The molecule has 138 valence electrons. The predicted molar refractivity (Wildman–Crippen MR) is 97.0 cm³/mol. The Morgan fingerprint density at radius 1 is 0.852 bits per heavy atom. The Hall–Kier alpha value is -2.85. The summed E-state index contributed by atoms with van der Waals surface area (Å²) in [4.78, 5) is 11.6. The van der Waals surface area contributed by atoms with Crippen LogP contribution in [-0.2, 0) is 9.30 Å². The highest BCUT2D eigenvalue weighted by atomic mass is 31.2. The van der Waals surface area contributed by atoms with E-state index in [2.05, 4.69) is 4.74 Å². The minimum Gasteiger partial charge on any atom is -0.465 e. The Balaban J connectivity index is 2.38. The van der Waals surface area contributed by atoms with Crippen LogP contribution in [-0.4, -0.2) is 13.1 Å². The molecule has 7 heteroatoms. The molecule has 0 fully saturated rings. The van der Waals surface area contributed by atoms with E-state index in [9.17, 15) is 22.5 Å². The van der Waals surface area contributed by atoms with Crippen molar-refractivity contribution in [3.05, 3.63) is 89.7 Å². The van der Waals surface area contributed by atoms with Gasteiger partial charge in [0.2, 0.25) is 0 Å². The number of ether oxygens (including phenoxy) is 1. The first-order valence-corrected chi connectivity index (χ1v) is 9.59. The fourth-order valence-corrected chi connectivity index (χ4v) is 5.55. The van der Waals surface area contributed by atoms with Gasteiger partial charge in [0.1, 0.15) is 11.4 Å². The molecule has 0 heterocycles. The lowest BCUT2D eigenvalue weighted by molar-refractivity contribution is 0.0593. The second kappa shape index (κ2) is 7.41. The van der Waals surface area contributed by atoms with Crippen LogP contribution >= 0.6 is 7.14 Å². The van der Waals surface area contributed by atoms with E-state index < -0.39 is 41.4 Å². The van der Waals surface area contributed by atoms with Crippen molar-refractivity contribution < 1.29 is 27.3 Å². The Kier molecular flexibility index (Phi) is 5.19. The first-order valence-electron chi connectivity index (χ1n) is 7.89. The summed E-state index contributed by atoms with van der Waals surface area (Å²) in [5, 5.41) is -0.636. The van der Waals surface area contributed by atoms with Crippen LogP contribution in [0.1, 0.15) is 10.4 Å². The van der Waals surface area contributed by atoms with Crippen molar-refractivity contribution in [3.8, 4) is 0 Å². The first kappa shape index (κ1) is 18.9. The summed E-state index contributed by atoms with van der Waals surface area (Å²) in [5.74, 6) is -5.80. The second-order valence-corrected chi connectivity index (χ2v) is 8.35. The lowest BCUT2D eigenvalue weighted by Gasteiger charge is -2.21. The van der Waals surface area contributed by atoms with Crippen LogP contribution in [0.15, 0.2) is 66.7 Å². The number of benzene rings is 3. The van der Waals surface area contributed by atoms with E-state index in [0.29, 0.717) is 6.07 Å². The first-order chi connectivity index (χ1) is 12.9. The third kappa shape index (κ3) is 3.17. The SMILES string of the molecule is COC(=O)c1cc(F)c(P(=O)(c2ccccc2)c2ccccc2)c(F)c1F. The van der Waals surface area contributed by atoms with Gasteiger partial charge in [0.15, 0.2) is 18.8 Å². The molecule has 3 rings (SSSR count). The summed E-state index contributed by atoms with van der Waals surface area (Å²) in [5.41, 5.74) is -0.899. The molecule has 0 amide bonds. The predicted octanol–water partition coefficient (Wildman–Crippen LogP) is 3.53. The van der Waals surface area contributed by atoms with Gasteiger partial charge in [-0.25, -0.2) is 18.0 Å². The summed E-state index contributed by atoms with van der Waals surface area (Å²) in [6.45, 7) is 0. The molecule has 27 heavy (non-hydrogen) atoms. The zero-order valence-electron chi connectivity index (χ0n) is 14.2. The lowest BCUT2D eigenvalue weighted by atomic mass is 10.2. The molecule has 0 aromatic heterocycles. The van der Waals surface area contributed by atoms with Crippen LogP contribution in [0, 0.1) is 17.5 Å². The molecule has 0 saturated carbocycles. The van der Waals surface area contributed by atoms with Gasteiger partial charge in [0, 0.05) is 10.6 Å². The van der Waals surface area contributed by atoms with Gasteiger partial charge in [-0.2, -0.15) is 0 Å². The third-order valence-corrected chi connectivity index (χ3v) is 7.18. The molecular formula is C20H14F3O3P. The van der Waals surface area contributed by atoms with Crippen LogP contribution in [0.5, 0.6) is 0 Å². The summed E-state index contributed by atoms with van der Waals surface area (Å²) in [6.07, 6.45) is 0. The summed E-state index contributed by atoms with van der Waals surface area (Å²) in [7, 11) is -3.12. The van der Waals surface area contributed by atoms with E-state index in [1.807, 2.05) is 0 Å².